The maximum Gasteiger partial charge on any atom is 0.315 e. The molecule has 1 aromatic carbocycles. The number of nitrogens with one attached hydrogen (secondary N) is 2. The molecule has 0 spiro atoms. The number of urea groups is 1. The molecule has 0 unspecified atom stereocenters. The summed E-state index contributed by atoms with van der Waals surface area (Å²) in [6.45, 7) is 1.26. The van der Waals surface area contributed by atoms with Crippen LogP contribution in [0.5, 0.6) is 5.75 Å². The zero-order valence-electron chi connectivity index (χ0n) is 12.6. The molecule has 4 nitrogen and oxygen atoms in total. The van der Waals surface area contributed by atoms with E-state index in [1.54, 1.807) is 0 Å². The van der Waals surface area contributed by atoms with Crippen molar-refractivity contribution in [3.05, 3.63) is 30.3 Å². The largest absolute Gasteiger partial charge is 0.494 e. The number of hydrogen-bond donors (Lipinski definition) is 2. The van der Waals surface area contributed by atoms with Gasteiger partial charge in [-0.3, -0.25) is 0 Å². The third-order valence-corrected chi connectivity index (χ3v) is 3.81. The summed E-state index contributed by atoms with van der Waals surface area (Å²) >= 11 is 0. The second kappa shape index (κ2) is 9.27. The Bertz CT molecular complexity index is 401. The van der Waals surface area contributed by atoms with Gasteiger partial charge in [0.1, 0.15) is 5.75 Å². The van der Waals surface area contributed by atoms with Gasteiger partial charge in [0, 0.05) is 12.6 Å². The molecule has 0 aromatic heterocycles. The van der Waals surface area contributed by atoms with E-state index in [-0.39, 0.29) is 6.03 Å². The number of ether oxygens (including phenoxy) is 1. The van der Waals surface area contributed by atoms with E-state index >= 15 is 0 Å². The third kappa shape index (κ3) is 6.52. The number of para-hydroxylation sites is 1. The van der Waals surface area contributed by atoms with E-state index in [1.165, 1.54) is 25.7 Å². The van der Waals surface area contributed by atoms with Crippen molar-refractivity contribution in [3.63, 3.8) is 0 Å². The van der Waals surface area contributed by atoms with E-state index in [0.29, 0.717) is 19.2 Å². The van der Waals surface area contributed by atoms with Gasteiger partial charge in [0.2, 0.25) is 0 Å². The predicted octanol–water partition coefficient (Wildman–Crippen LogP) is 3.48. The first-order valence-electron chi connectivity index (χ1n) is 8.07. The number of carbonyl (C=O) groups excluding carboxylic acids is 1. The van der Waals surface area contributed by atoms with Crippen LogP contribution in [0.3, 0.4) is 0 Å². The summed E-state index contributed by atoms with van der Waals surface area (Å²) in [5, 5.41) is 5.98. The Morgan fingerprint density at radius 3 is 2.52 bits per heavy atom. The standard InChI is InChI=1S/C17H26N2O2/c20-17(19-15-9-4-1-2-5-10-15)18-13-8-14-21-16-11-6-3-7-12-16/h3,6-7,11-12,15H,1-2,4-5,8-10,13-14H2,(H2,18,19,20). The molecule has 1 aliphatic carbocycles. The van der Waals surface area contributed by atoms with Gasteiger partial charge in [-0.05, 0) is 31.4 Å². The van der Waals surface area contributed by atoms with Crippen LogP contribution in [0.15, 0.2) is 30.3 Å². The topological polar surface area (TPSA) is 50.4 Å². The lowest BCUT2D eigenvalue weighted by atomic mass is 10.1. The fourth-order valence-corrected chi connectivity index (χ4v) is 2.64. The van der Waals surface area contributed by atoms with Gasteiger partial charge >= 0.3 is 6.03 Å². The number of rotatable bonds is 6. The highest BCUT2D eigenvalue weighted by Crippen LogP contribution is 2.16. The molecule has 2 amide bonds. The van der Waals surface area contributed by atoms with E-state index in [0.717, 1.165) is 25.0 Å². The van der Waals surface area contributed by atoms with Gasteiger partial charge in [0.15, 0.2) is 0 Å². The fourth-order valence-electron chi connectivity index (χ4n) is 2.64. The molecule has 4 heteroatoms. The molecule has 2 rings (SSSR count). The van der Waals surface area contributed by atoms with Crippen LogP contribution >= 0.6 is 0 Å². The van der Waals surface area contributed by atoms with Crippen LogP contribution in [0.25, 0.3) is 0 Å². The predicted molar refractivity (Wildman–Crippen MR) is 84.6 cm³/mol. The van der Waals surface area contributed by atoms with Crippen molar-refractivity contribution < 1.29 is 9.53 Å². The van der Waals surface area contributed by atoms with Crippen molar-refractivity contribution in [2.75, 3.05) is 13.2 Å². The highest BCUT2D eigenvalue weighted by molar-refractivity contribution is 5.74. The minimum absolute atomic E-state index is 0.0402. The van der Waals surface area contributed by atoms with Crippen LogP contribution < -0.4 is 15.4 Å². The summed E-state index contributed by atoms with van der Waals surface area (Å²) in [6.07, 6.45) is 8.11. The van der Waals surface area contributed by atoms with E-state index in [1.807, 2.05) is 30.3 Å². The van der Waals surface area contributed by atoms with Crippen LogP contribution in [0, 0.1) is 0 Å². The highest BCUT2D eigenvalue weighted by Gasteiger charge is 2.13. The second-order valence-electron chi connectivity index (χ2n) is 5.60. The van der Waals surface area contributed by atoms with Gasteiger partial charge in [0.05, 0.1) is 6.61 Å². The minimum Gasteiger partial charge on any atom is -0.494 e. The molecule has 0 bridgehead atoms. The van der Waals surface area contributed by atoms with Crippen molar-refractivity contribution in [3.8, 4) is 5.75 Å². The van der Waals surface area contributed by atoms with Crippen LogP contribution in [0.2, 0.25) is 0 Å². The van der Waals surface area contributed by atoms with Gasteiger partial charge in [-0.15, -0.1) is 0 Å². The lowest BCUT2D eigenvalue weighted by molar-refractivity contribution is 0.234. The van der Waals surface area contributed by atoms with Gasteiger partial charge in [-0.25, -0.2) is 4.79 Å². The summed E-state index contributed by atoms with van der Waals surface area (Å²) < 4.78 is 5.58. The minimum atomic E-state index is -0.0402. The van der Waals surface area contributed by atoms with Gasteiger partial charge in [0.25, 0.3) is 0 Å². The van der Waals surface area contributed by atoms with E-state index in [2.05, 4.69) is 10.6 Å². The summed E-state index contributed by atoms with van der Waals surface area (Å²) in [4.78, 5) is 11.8. The Morgan fingerprint density at radius 2 is 1.81 bits per heavy atom. The van der Waals surface area contributed by atoms with Crippen LogP contribution in [0.1, 0.15) is 44.9 Å². The molecule has 0 saturated heterocycles. The third-order valence-electron chi connectivity index (χ3n) is 3.81. The molecule has 0 heterocycles. The molecular formula is C17H26N2O2. The molecule has 116 valence electrons. The molecule has 0 aliphatic heterocycles. The van der Waals surface area contributed by atoms with Gasteiger partial charge in [-0.2, -0.15) is 0 Å². The van der Waals surface area contributed by atoms with Crippen LogP contribution in [0.4, 0.5) is 4.79 Å². The van der Waals surface area contributed by atoms with Crippen molar-refractivity contribution in [2.24, 2.45) is 0 Å². The molecule has 0 radical (unpaired) electrons. The summed E-state index contributed by atoms with van der Waals surface area (Å²) in [7, 11) is 0. The number of carbonyl (C=O) groups is 1. The number of benzene rings is 1. The van der Waals surface area contributed by atoms with Crippen molar-refractivity contribution >= 4 is 6.03 Å². The maximum atomic E-state index is 11.8. The Labute approximate surface area is 127 Å². The lowest BCUT2D eigenvalue weighted by Crippen LogP contribution is -2.42. The Morgan fingerprint density at radius 1 is 1.10 bits per heavy atom. The highest BCUT2D eigenvalue weighted by atomic mass is 16.5. The first-order valence-corrected chi connectivity index (χ1v) is 8.07. The van der Waals surface area contributed by atoms with Crippen molar-refractivity contribution in [1.29, 1.82) is 0 Å². The summed E-state index contributed by atoms with van der Waals surface area (Å²) in [6, 6.07) is 10.1. The van der Waals surface area contributed by atoms with Gasteiger partial charge < -0.3 is 15.4 Å². The van der Waals surface area contributed by atoms with E-state index in [4.69, 9.17) is 4.74 Å². The molecule has 1 saturated carbocycles. The summed E-state index contributed by atoms with van der Waals surface area (Å²) in [5.41, 5.74) is 0. The van der Waals surface area contributed by atoms with Crippen molar-refractivity contribution in [2.45, 2.75) is 51.0 Å². The first kappa shape index (κ1) is 15.7. The zero-order chi connectivity index (χ0) is 14.8. The monoisotopic (exact) mass is 290 g/mol. The zero-order valence-corrected chi connectivity index (χ0v) is 12.6. The second-order valence-corrected chi connectivity index (χ2v) is 5.60. The lowest BCUT2D eigenvalue weighted by Gasteiger charge is -2.16. The summed E-state index contributed by atoms with van der Waals surface area (Å²) in [5.74, 6) is 0.875. The van der Waals surface area contributed by atoms with Crippen LogP contribution in [-0.2, 0) is 0 Å². The van der Waals surface area contributed by atoms with Gasteiger partial charge in [-0.1, -0.05) is 43.9 Å². The SMILES string of the molecule is O=C(NCCCOc1ccccc1)NC1CCCCCC1. The molecule has 1 aromatic rings. The van der Waals surface area contributed by atoms with Crippen molar-refractivity contribution in [1.82, 2.24) is 10.6 Å². The first-order chi connectivity index (χ1) is 10.3. The smallest absolute Gasteiger partial charge is 0.315 e. The maximum absolute atomic E-state index is 11.8. The molecule has 2 N–H and O–H groups in total. The molecule has 1 fully saturated rings. The Kier molecular flexibility index (Phi) is 6.92. The number of hydrogen-bond acceptors (Lipinski definition) is 2. The Balaban J connectivity index is 1.52. The molecule has 0 atom stereocenters. The molecule has 1 aliphatic rings. The van der Waals surface area contributed by atoms with E-state index in [9.17, 15) is 4.79 Å². The quantitative estimate of drug-likeness (QED) is 0.622. The van der Waals surface area contributed by atoms with E-state index < -0.39 is 0 Å². The normalized spacial score (nSPS) is 16.0. The molecular weight excluding hydrogens is 264 g/mol. The molecule has 21 heavy (non-hydrogen) atoms. The number of amides is 2. The van der Waals surface area contributed by atoms with Crippen LogP contribution in [-0.4, -0.2) is 25.2 Å². The average Bonchev–Trinajstić information content (AvgIpc) is 2.76. The fraction of sp³-hybridized carbons (Fsp3) is 0.588. The average molecular weight is 290 g/mol. The Hall–Kier alpha value is -1.71.